The summed E-state index contributed by atoms with van der Waals surface area (Å²) in [6.45, 7) is 3.53. The van der Waals surface area contributed by atoms with E-state index in [1.54, 1.807) is 24.5 Å². The first-order valence-electron chi connectivity index (χ1n) is 20.6. The minimum absolute atomic E-state index is 0.0496. The van der Waals surface area contributed by atoms with E-state index in [0.717, 1.165) is 46.0 Å². The average molecular weight is 830 g/mol. The number of piperidine rings is 1. The van der Waals surface area contributed by atoms with E-state index in [9.17, 15) is 19.2 Å². The monoisotopic (exact) mass is 829 g/mol. The molecule has 0 radical (unpaired) electrons. The summed E-state index contributed by atoms with van der Waals surface area (Å²) in [7, 11) is 0. The Morgan fingerprint density at radius 1 is 0.639 bits per heavy atom. The summed E-state index contributed by atoms with van der Waals surface area (Å²) in [6.07, 6.45) is 9.29. The smallest absolute Gasteiger partial charge is 0.266 e. The van der Waals surface area contributed by atoms with Gasteiger partial charge in [-0.15, -0.1) is 0 Å². The van der Waals surface area contributed by atoms with Crippen molar-refractivity contribution in [3.63, 3.8) is 0 Å². The Labute approximate surface area is 352 Å². The van der Waals surface area contributed by atoms with Crippen molar-refractivity contribution in [3.05, 3.63) is 114 Å². The van der Waals surface area contributed by atoms with Crippen LogP contribution in [0.3, 0.4) is 0 Å². The molecular weight excluding hydrogens is 783 g/mol. The molecule has 3 aliphatic rings. The third-order valence-corrected chi connectivity index (χ3v) is 10.7. The maximum absolute atomic E-state index is 13.2. The standard InChI is InChI=1S/C46H47N5O10/c52-41-14-13-39(44(53)48-41)51-45(54)37-5-2-6-40(42(37)46(51)55)61-28-26-59-24-22-57-20-19-56-21-23-58-25-27-60-36-11-9-35(10-12-36)50-30-38(43(49-50)32-15-17-47-18-16-32)34-8-7-31-3-1-4-33(31)29-34/h2,5-12,15-18,29-30,39H,1,3-4,13-14,19-28H2,(H,48,52,53). The van der Waals surface area contributed by atoms with Crippen LogP contribution < -0.4 is 14.8 Å². The summed E-state index contributed by atoms with van der Waals surface area (Å²) in [5.74, 6) is -1.33. The number of aromatic nitrogens is 3. The predicted octanol–water partition coefficient (Wildman–Crippen LogP) is 5.02. The van der Waals surface area contributed by atoms with E-state index in [1.165, 1.54) is 29.2 Å². The van der Waals surface area contributed by atoms with Gasteiger partial charge in [-0.05, 0) is 90.9 Å². The van der Waals surface area contributed by atoms with Crippen LogP contribution in [-0.2, 0) is 41.4 Å². The molecule has 61 heavy (non-hydrogen) atoms. The molecule has 0 saturated carbocycles. The zero-order valence-corrected chi connectivity index (χ0v) is 33.7. The average Bonchev–Trinajstić information content (AvgIpc) is 4.01. The van der Waals surface area contributed by atoms with Gasteiger partial charge in [-0.3, -0.25) is 34.4 Å². The first kappa shape index (κ1) is 41.5. The number of aryl methyl sites for hydroxylation is 2. The molecule has 4 amide bonds. The van der Waals surface area contributed by atoms with Crippen LogP contribution in [0.25, 0.3) is 28.1 Å². The van der Waals surface area contributed by atoms with Gasteiger partial charge in [0.05, 0.1) is 69.7 Å². The van der Waals surface area contributed by atoms with Gasteiger partial charge in [0.1, 0.15) is 36.4 Å². The van der Waals surface area contributed by atoms with Crippen molar-refractivity contribution in [2.24, 2.45) is 0 Å². The van der Waals surface area contributed by atoms with Gasteiger partial charge in [0.25, 0.3) is 11.8 Å². The summed E-state index contributed by atoms with van der Waals surface area (Å²) < 4.78 is 36.0. The lowest BCUT2D eigenvalue weighted by atomic mass is 9.99. The number of pyridine rings is 1. The molecule has 1 unspecified atom stereocenters. The molecule has 0 spiro atoms. The molecule has 0 bridgehead atoms. The summed E-state index contributed by atoms with van der Waals surface area (Å²) in [4.78, 5) is 55.1. The topological polar surface area (TPSA) is 170 Å². The summed E-state index contributed by atoms with van der Waals surface area (Å²) in [6, 6.07) is 22.3. The number of rotatable bonds is 21. The van der Waals surface area contributed by atoms with Crippen LogP contribution >= 0.6 is 0 Å². The summed E-state index contributed by atoms with van der Waals surface area (Å²) in [5, 5.41) is 7.19. The number of benzene rings is 3. The molecule has 1 aliphatic carbocycles. The molecule has 15 heteroatoms. The van der Waals surface area contributed by atoms with Gasteiger partial charge in [-0.2, -0.15) is 5.10 Å². The number of imide groups is 2. The number of ether oxygens (including phenoxy) is 6. The van der Waals surface area contributed by atoms with Crippen molar-refractivity contribution in [3.8, 4) is 39.6 Å². The number of nitrogens with zero attached hydrogens (tertiary/aromatic N) is 4. The Kier molecular flexibility index (Phi) is 13.5. The van der Waals surface area contributed by atoms with Crippen LogP contribution in [0.5, 0.6) is 11.5 Å². The number of carbonyl (C=O) groups is 4. The lowest BCUT2D eigenvalue weighted by Gasteiger charge is -2.27. The highest BCUT2D eigenvalue weighted by Gasteiger charge is 2.46. The number of amides is 4. The molecule has 8 rings (SSSR count). The minimum Gasteiger partial charge on any atom is -0.491 e. The van der Waals surface area contributed by atoms with E-state index in [-0.39, 0.29) is 42.9 Å². The highest BCUT2D eigenvalue weighted by atomic mass is 16.6. The van der Waals surface area contributed by atoms with Crippen LogP contribution in [0.1, 0.15) is 51.1 Å². The lowest BCUT2D eigenvalue weighted by Crippen LogP contribution is -2.54. The normalized spacial score (nSPS) is 15.9. The number of fused-ring (bicyclic) bond motifs is 2. The van der Waals surface area contributed by atoms with Gasteiger partial charge in [0, 0.05) is 36.1 Å². The Morgan fingerprint density at radius 3 is 2.02 bits per heavy atom. The van der Waals surface area contributed by atoms with Gasteiger partial charge in [-0.25, -0.2) is 4.68 Å². The van der Waals surface area contributed by atoms with E-state index >= 15 is 0 Å². The number of hydrogen-bond acceptors (Lipinski definition) is 12. The van der Waals surface area contributed by atoms with Crippen LogP contribution in [-0.4, -0.2) is 115 Å². The quantitative estimate of drug-likeness (QED) is 0.0776. The molecule has 1 fully saturated rings. The Bertz CT molecular complexity index is 2350. The fourth-order valence-corrected chi connectivity index (χ4v) is 7.67. The van der Waals surface area contributed by atoms with Crippen molar-refractivity contribution >= 4 is 23.6 Å². The lowest BCUT2D eigenvalue weighted by molar-refractivity contribution is -0.136. The predicted molar refractivity (Wildman–Crippen MR) is 222 cm³/mol. The van der Waals surface area contributed by atoms with Crippen LogP contribution in [0.4, 0.5) is 0 Å². The highest BCUT2D eigenvalue weighted by Crippen LogP contribution is 2.36. The van der Waals surface area contributed by atoms with Gasteiger partial charge in [0.2, 0.25) is 11.8 Å². The van der Waals surface area contributed by atoms with Crippen LogP contribution in [0.2, 0.25) is 0 Å². The molecule has 1 N–H and O–H groups in total. The van der Waals surface area contributed by atoms with Crippen molar-refractivity contribution in [1.82, 2.24) is 25.0 Å². The third-order valence-electron chi connectivity index (χ3n) is 10.7. The molecule has 2 aliphatic heterocycles. The van der Waals surface area contributed by atoms with Crippen molar-refractivity contribution in [2.45, 2.75) is 38.1 Å². The number of nitrogens with one attached hydrogen (secondary N) is 1. The van der Waals surface area contributed by atoms with E-state index in [0.29, 0.717) is 52.9 Å². The first-order chi connectivity index (χ1) is 29.9. The van der Waals surface area contributed by atoms with Crippen LogP contribution in [0, 0.1) is 0 Å². The molecule has 15 nitrogen and oxygen atoms in total. The maximum Gasteiger partial charge on any atom is 0.266 e. The first-order valence-corrected chi connectivity index (χ1v) is 20.6. The van der Waals surface area contributed by atoms with Gasteiger partial charge < -0.3 is 28.4 Å². The van der Waals surface area contributed by atoms with Gasteiger partial charge in [-0.1, -0.05) is 24.3 Å². The second-order valence-corrected chi connectivity index (χ2v) is 14.7. The van der Waals surface area contributed by atoms with Crippen molar-refractivity contribution in [2.75, 3.05) is 66.1 Å². The SMILES string of the molecule is O=C1CCC(N2C(=O)c3cccc(OCCOCCOCCOCCOCCOc4ccc(-n5cc(-c6ccc7c(c6)CCC7)c(-c6ccncc6)n5)cc4)c3C2=O)C(=O)N1. The van der Waals surface area contributed by atoms with Crippen LogP contribution in [0.15, 0.2) is 91.4 Å². The summed E-state index contributed by atoms with van der Waals surface area (Å²) >= 11 is 0. The molecule has 1 saturated heterocycles. The summed E-state index contributed by atoms with van der Waals surface area (Å²) in [5.41, 5.74) is 8.25. The number of hydrogen-bond donors (Lipinski definition) is 1. The van der Waals surface area contributed by atoms with E-state index in [4.69, 9.17) is 33.5 Å². The molecule has 316 valence electrons. The van der Waals surface area contributed by atoms with Gasteiger partial charge in [0.15, 0.2) is 0 Å². The molecule has 5 aromatic rings. The molecule has 3 aromatic carbocycles. The Balaban J connectivity index is 0.670. The van der Waals surface area contributed by atoms with Crippen molar-refractivity contribution < 1.29 is 47.6 Å². The van der Waals surface area contributed by atoms with E-state index in [2.05, 4.69) is 34.7 Å². The minimum atomic E-state index is -1.04. The zero-order valence-electron chi connectivity index (χ0n) is 33.7. The Morgan fingerprint density at radius 2 is 1.31 bits per heavy atom. The van der Waals surface area contributed by atoms with Gasteiger partial charge >= 0.3 is 0 Å². The maximum atomic E-state index is 13.2. The highest BCUT2D eigenvalue weighted by molar-refractivity contribution is 6.24. The molecular formula is C46H47N5O10. The molecule has 1 atom stereocenters. The fraction of sp³-hybridized carbons (Fsp3) is 0.348. The largest absolute Gasteiger partial charge is 0.491 e. The van der Waals surface area contributed by atoms with Crippen molar-refractivity contribution in [1.29, 1.82) is 0 Å². The molecule has 4 heterocycles. The number of carbonyl (C=O) groups excluding carboxylic acids is 4. The zero-order chi connectivity index (χ0) is 42.0. The van der Waals surface area contributed by atoms with E-state index in [1.807, 2.05) is 41.1 Å². The van der Waals surface area contributed by atoms with E-state index < -0.39 is 29.7 Å². The molecule has 2 aromatic heterocycles. The second kappa shape index (κ2) is 19.9. The second-order valence-electron chi connectivity index (χ2n) is 14.7. The Hall–Kier alpha value is -6.26. The third kappa shape index (κ3) is 9.87. The fourth-order valence-electron chi connectivity index (χ4n) is 7.67.